The number of benzene rings is 2. The monoisotopic (exact) mass is 516 g/mol. The van der Waals surface area contributed by atoms with Crippen LogP contribution in [0.15, 0.2) is 54.1 Å². The summed E-state index contributed by atoms with van der Waals surface area (Å²) in [6.07, 6.45) is 5.29. The van der Waals surface area contributed by atoms with Gasteiger partial charge in [-0.2, -0.15) is 0 Å². The molecule has 1 aliphatic rings. The summed E-state index contributed by atoms with van der Waals surface area (Å²) in [6.45, 7) is 7.71. The van der Waals surface area contributed by atoms with Gasteiger partial charge in [-0.3, -0.25) is 9.59 Å². The van der Waals surface area contributed by atoms with Gasteiger partial charge >= 0.3 is 0 Å². The van der Waals surface area contributed by atoms with E-state index in [-0.39, 0.29) is 11.3 Å². The molecule has 35 heavy (non-hydrogen) atoms. The van der Waals surface area contributed by atoms with Crippen LogP contribution in [0.25, 0.3) is 5.76 Å². The number of rotatable bonds is 12. The van der Waals surface area contributed by atoms with E-state index in [9.17, 15) is 14.7 Å². The van der Waals surface area contributed by atoms with Crippen molar-refractivity contribution < 1.29 is 14.7 Å². The van der Waals surface area contributed by atoms with Gasteiger partial charge in [-0.15, -0.1) is 0 Å². The quantitative estimate of drug-likeness (QED) is 0.193. The highest BCUT2D eigenvalue weighted by molar-refractivity contribution is 6.46. The molecule has 5 nitrogen and oxygen atoms in total. The van der Waals surface area contributed by atoms with E-state index in [0.29, 0.717) is 22.2 Å². The topological polar surface area (TPSA) is 60.9 Å². The van der Waals surface area contributed by atoms with Crippen LogP contribution in [-0.4, -0.2) is 52.8 Å². The lowest BCUT2D eigenvalue weighted by molar-refractivity contribution is -0.140. The van der Waals surface area contributed by atoms with Gasteiger partial charge in [0.05, 0.1) is 11.6 Å². The first kappa shape index (κ1) is 27.3. The predicted molar refractivity (Wildman–Crippen MR) is 143 cm³/mol. The van der Waals surface area contributed by atoms with Gasteiger partial charge in [0.25, 0.3) is 11.7 Å². The third kappa shape index (κ3) is 6.87. The van der Waals surface area contributed by atoms with Gasteiger partial charge in [0.15, 0.2) is 0 Å². The third-order valence-corrected chi connectivity index (χ3v) is 6.88. The molecule has 1 amide bonds. The summed E-state index contributed by atoms with van der Waals surface area (Å²) in [4.78, 5) is 30.3. The SMILES string of the molecule is CCCCN(CCCC)CCCN1C(=O)C(=O)C(=C(O)c2ccc(Cl)cc2)[C@H]1c1ccc(Cl)cc1. The number of likely N-dealkylation sites (tertiary alicyclic amines) is 1. The zero-order chi connectivity index (χ0) is 25.4. The summed E-state index contributed by atoms with van der Waals surface area (Å²) in [7, 11) is 0. The fraction of sp³-hybridized carbons (Fsp3) is 0.429. The minimum atomic E-state index is -0.678. The first-order valence-corrected chi connectivity index (χ1v) is 13.1. The minimum Gasteiger partial charge on any atom is -0.507 e. The molecule has 0 bridgehead atoms. The highest BCUT2D eigenvalue weighted by Crippen LogP contribution is 2.39. The van der Waals surface area contributed by atoms with Crippen LogP contribution in [0.3, 0.4) is 0 Å². The maximum Gasteiger partial charge on any atom is 0.295 e. The molecule has 0 aromatic heterocycles. The molecule has 2 aromatic rings. The Kier molecular flexibility index (Phi) is 10.2. The van der Waals surface area contributed by atoms with Crippen molar-refractivity contribution >= 4 is 40.7 Å². The lowest BCUT2D eigenvalue weighted by Crippen LogP contribution is -2.34. The van der Waals surface area contributed by atoms with E-state index >= 15 is 0 Å². The van der Waals surface area contributed by atoms with Crippen molar-refractivity contribution in [3.8, 4) is 0 Å². The van der Waals surface area contributed by atoms with Crippen molar-refractivity contribution in [3.63, 3.8) is 0 Å². The highest BCUT2D eigenvalue weighted by atomic mass is 35.5. The molecule has 1 fully saturated rings. The number of ketones is 1. The molecule has 1 atom stereocenters. The van der Waals surface area contributed by atoms with Crippen LogP contribution in [0.1, 0.15) is 63.1 Å². The molecule has 1 aliphatic heterocycles. The summed E-state index contributed by atoms with van der Waals surface area (Å²) in [5.41, 5.74) is 1.27. The number of carbonyl (C=O) groups is 2. The molecular weight excluding hydrogens is 483 g/mol. The molecule has 3 rings (SSSR count). The predicted octanol–water partition coefficient (Wildman–Crippen LogP) is 6.71. The van der Waals surface area contributed by atoms with E-state index in [4.69, 9.17) is 23.2 Å². The van der Waals surface area contributed by atoms with Crippen LogP contribution in [0.5, 0.6) is 0 Å². The molecule has 1 N–H and O–H groups in total. The van der Waals surface area contributed by atoms with E-state index < -0.39 is 17.7 Å². The molecule has 188 valence electrons. The summed E-state index contributed by atoms with van der Waals surface area (Å²) >= 11 is 12.1. The van der Waals surface area contributed by atoms with Crippen molar-refractivity contribution in [2.75, 3.05) is 26.2 Å². The Balaban J connectivity index is 1.90. The largest absolute Gasteiger partial charge is 0.507 e. The normalized spacial score (nSPS) is 17.5. The first-order chi connectivity index (χ1) is 16.9. The lowest BCUT2D eigenvalue weighted by Gasteiger charge is -2.27. The first-order valence-electron chi connectivity index (χ1n) is 12.4. The molecule has 0 spiro atoms. The fourth-order valence-corrected chi connectivity index (χ4v) is 4.68. The average Bonchev–Trinajstić information content (AvgIpc) is 3.10. The van der Waals surface area contributed by atoms with Crippen LogP contribution < -0.4 is 0 Å². The molecule has 1 heterocycles. The van der Waals surface area contributed by atoms with Crippen LogP contribution in [0, 0.1) is 0 Å². The van der Waals surface area contributed by atoms with Gasteiger partial charge in [0.1, 0.15) is 5.76 Å². The second-order valence-corrected chi connectivity index (χ2v) is 9.83. The third-order valence-electron chi connectivity index (χ3n) is 6.37. The minimum absolute atomic E-state index is 0.0912. The number of aliphatic hydroxyl groups is 1. The van der Waals surface area contributed by atoms with Gasteiger partial charge in [0.2, 0.25) is 0 Å². The molecule has 0 saturated carbocycles. The zero-order valence-electron chi connectivity index (χ0n) is 20.5. The number of nitrogens with zero attached hydrogens (tertiary/aromatic N) is 2. The Hall–Kier alpha value is -2.34. The summed E-state index contributed by atoms with van der Waals surface area (Å²) in [6, 6.07) is 13.0. The summed E-state index contributed by atoms with van der Waals surface area (Å²) in [5, 5.41) is 12.2. The van der Waals surface area contributed by atoms with Crippen LogP contribution in [0.2, 0.25) is 10.0 Å². The zero-order valence-corrected chi connectivity index (χ0v) is 22.0. The van der Waals surface area contributed by atoms with Crippen molar-refractivity contribution in [1.29, 1.82) is 0 Å². The fourth-order valence-electron chi connectivity index (χ4n) is 4.43. The van der Waals surface area contributed by atoms with Crippen molar-refractivity contribution in [1.82, 2.24) is 9.80 Å². The smallest absolute Gasteiger partial charge is 0.295 e. The molecule has 0 unspecified atom stereocenters. The molecular formula is C28H34Cl2N2O3. The molecule has 0 aliphatic carbocycles. The maximum atomic E-state index is 13.2. The van der Waals surface area contributed by atoms with E-state index in [1.165, 1.54) is 0 Å². The summed E-state index contributed by atoms with van der Waals surface area (Å²) in [5.74, 6) is -1.46. The van der Waals surface area contributed by atoms with Crippen molar-refractivity contribution in [2.24, 2.45) is 0 Å². The van der Waals surface area contributed by atoms with Crippen LogP contribution in [0.4, 0.5) is 0 Å². The molecule has 7 heteroatoms. The Morgan fingerprint density at radius 1 is 0.857 bits per heavy atom. The van der Waals surface area contributed by atoms with E-state index in [2.05, 4.69) is 18.7 Å². The Morgan fingerprint density at radius 2 is 1.37 bits per heavy atom. The van der Waals surface area contributed by atoms with Crippen LogP contribution >= 0.6 is 23.2 Å². The van der Waals surface area contributed by atoms with E-state index in [1.54, 1.807) is 53.4 Å². The van der Waals surface area contributed by atoms with Crippen molar-refractivity contribution in [3.05, 3.63) is 75.3 Å². The summed E-state index contributed by atoms with van der Waals surface area (Å²) < 4.78 is 0. The number of halogens is 2. The Labute approximate surface area is 218 Å². The maximum absolute atomic E-state index is 13.2. The van der Waals surface area contributed by atoms with Gasteiger partial charge < -0.3 is 14.9 Å². The van der Waals surface area contributed by atoms with Crippen molar-refractivity contribution in [2.45, 2.75) is 52.0 Å². The number of Topliss-reactive ketones (excluding diaryl/α,β-unsaturated/α-hetero) is 1. The number of hydrogen-bond donors (Lipinski definition) is 1. The van der Waals surface area contributed by atoms with Gasteiger partial charge in [0, 0.05) is 22.2 Å². The number of carbonyl (C=O) groups excluding carboxylic acids is 2. The number of amides is 1. The van der Waals surface area contributed by atoms with Crippen LogP contribution in [-0.2, 0) is 9.59 Å². The Bertz CT molecular complexity index is 1030. The van der Waals surface area contributed by atoms with E-state index in [1.807, 2.05) is 0 Å². The van der Waals surface area contributed by atoms with Gasteiger partial charge in [-0.25, -0.2) is 0 Å². The second kappa shape index (κ2) is 13.1. The Morgan fingerprint density at radius 3 is 1.91 bits per heavy atom. The molecule has 2 aromatic carbocycles. The van der Waals surface area contributed by atoms with Gasteiger partial charge in [-0.05, 0) is 80.9 Å². The average molecular weight is 517 g/mol. The number of aliphatic hydroxyl groups excluding tert-OH is 1. The number of unbranched alkanes of at least 4 members (excludes halogenated alkanes) is 2. The lowest BCUT2D eigenvalue weighted by atomic mass is 9.95. The molecule has 0 radical (unpaired) electrons. The second-order valence-electron chi connectivity index (χ2n) is 8.95. The molecule has 1 saturated heterocycles. The number of hydrogen-bond acceptors (Lipinski definition) is 4. The van der Waals surface area contributed by atoms with Gasteiger partial charge in [-0.1, -0.05) is 62.0 Å². The van der Waals surface area contributed by atoms with E-state index in [0.717, 1.165) is 57.3 Å². The standard InChI is InChI=1S/C28H34Cl2N2O3/c1-3-5-16-31(17-6-4-2)18-7-19-32-25(20-8-12-22(29)13-9-20)24(27(34)28(32)35)26(33)21-10-14-23(30)15-11-21/h8-15,25,33H,3-7,16-19H2,1-2H3/t25-/m1/s1. The highest BCUT2D eigenvalue weighted by Gasteiger charge is 2.45.